The summed E-state index contributed by atoms with van der Waals surface area (Å²) < 4.78 is 30.7. The zero-order valence-electron chi connectivity index (χ0n) is 20.5. The summed E-state index contributed by atoms with van der Waals surface area (Å²) in [7, 11) is -2.56. The van der Waals surface area contributed by atoms with Crippen molar-refractivity contribution in [3.05, 3.63) is 101 Å². The topological polar surface area (TPSA) is 75.6 Å². The van der Waals surface area contributed by atoms with Crippen LogP contribution in [0.4, 0.5) is 4.39 Å². The summed E-state index contributed by atoms with van der Waals surface area (Å²) in [6.45, 7) is 5.70. The van der Waals surface area contributed by atoms with E-state index in [9.17, 15) is 18.2 Å². The Bertz CT molecular complexity index is 1290. The first kappa shape index (κ1) is 26.3. The molecule has 0 fully saturated rings. The fourth-order valence-corrected chi connectivity index (χ4v) is 5.49. The highest BCUT2D eigenvalue weighted by molar-refractivity contribution is 7.93. The molecule has 7 heteroatoms. The van der Waals surface area contributed by atoms with Gasteiger partial charge in [0.25, 0.3) is 5.91 Å². The Morgan fingerprint density at radius 3 is 2.09 bits per heavy atom. The molecular weight excluding hydrogens is 463 g/mol. The Labute approximate surface area is 207 Å². The van der Waals surface area contributed by atoms with Gasteiger partial charge in [-0.3, -0.25) is 9.59 Å². The average molecular weight is 495 g/mol. The van der Waals surface area contributed by atoms with Crippen LogP contribution in [0.15, 0.2) is 88.1 Å². The van der Waals surface area contributed by atoms with Gasteiger partial charge in [-0.1, -0.05) is 42.5 Å². The summed E-state index contributed by atoms with van der Waals surface area (Å²) in [4.78, 5) is 26.6. The minimum Gasteiger partial charge on any atom is -0.342 e. The van der Waals surface area contributed by atoms with Crippen LogP contribution in [0, 0.1) is 5.82 Å². The second-order valence-corrected chi connectivity index (χ2v) is 11.8. The Morgan fingerprint density at radius 2 is 1.51 bits per heavy atom. The monoisotopic (exact) mass is 494 g/mol. The zero-order chi connectivity index (χ0) is 25.6. The predicted molar refractivity (Wildman–Crippen MR) is 137 cm³/mol. The molecule has 1 amide bonds. The highest BCUT2D eigenvalue weighted by Crippen LogP contribution is 2.19. The summed E-state index contributed by atoms with van der Waals surface area (Å²) in [6, 6.07) is 20.9. The summed E-state index contributed by atoms with van der Waals surface area (Å²) in [6.07, 6.45) is 2.04. The van der Waals surface area contributed by atoms with Crippen LogP contribution in [0.2, 0.25) is 0 Å². The number of benzene rings is 3. The third kappa shape index (κ3) is 7.86. The first-order valence-electron chi connectivity index (χ1n) is 11.4. The number of carbonyl (C=O) groups excluding carboxylic acids is 2. The van der Waals surface area contributed by atoms with Crippen molar-refractivity contribution in [1.29, 1.82) is 0 Å². The molecule has 35 heavy (non-hydrogen) atoms. The molecule has 0 heterocycles. The predicted octanol–water partition coefficient (Wildman–Crippen LogP) is 5.23. The molecule has 0 spiro atoms. The first-order valence-corrected chi connectivity index (χ1v) is 13.3. The molecule has 1 unspecified atom stereocenters. The lowest BCUT2D eigenvalue weighted by Gasteiger charge is -2.19. The van der Waals surface area contributed by atoms with Crippen molar-refractivity contribution in [2.75, 3.05) is 6.26 Å². The molecule has 3 aromatic carbocycles. The maximum absolute atomic E-state index is 13.3. The van der Waals surface area contributed by atoms with Gasteiger partial charge >= 0.3 is 0 Å². The van der Waals surface area contributed by atoms with Gasteiger partial charge in [-0.2, -0.15) is 0 Å². The minimum absolute atomic E-state index is 0.1000. The largest absolute Gasteiger partial charge is 0.342 e. The smallest absolute Gasteiger partial charge is 0.251 e. The van der Waals surface area contributed by atoms with Crippen molar-refractivity contribution in [2.45, 2.75) is 50.1 Å². The Hall–Kier alpha value is -3.32. The van der Waals surface area contributed by atoms with E-state index in [1.165, 1.54) is 24.3 Å². The van der Waals surface area contributed by atoms with Crippen LogP contribution in [0.5, 0.6) is 0 Å². The number of Topliss-reactive ketones (excluding diaryl/α,β-unsaturated/α-hetero) is 1. The molecule has 0 aliphatic heterocycles. The summed E-state index contributed by atoms with van der Waals surface area (Å²) in [5.41, 5.74) is 1.50. The molecule has 0 aliphatic carbocycles. The quantitative estimate of drug-likeness (QED) is 0.466. The van der Waals surface area contributed by atoms with Gasteiger partial charge in [0, 0.05) is 23.1 Å². The van der Waals surface area contributed by atoms with Gasteiger partial charge in [-0.25, -0.2) is 13.0 Å². The van der Waals surface area contributed by atoms with Crippen molar-refractivity contribution in [2.24, 2.45) is 4.36 Å². The number of carbonyl (C=O) groups is 2. The van der Waals surface area contributed by atoms with Crippen LogP contribution in [-0.4, -0.2) is 33.7 Å². The number of nitrogens with one attached hydrogen (secondary N) is 1. The number of rotatable bonds is 8. The van der Waals surface area contributed by atoms with Crippen LogP contribution in [0.1, 0.15) is 42.3 Å². The molecular formula is C28H31FN2O3S. The number of ketones is 1. The van der Waals surface area contributed by atoms with Crippen LogP contribution in [0.3, 0.4) is 0 Å². The van der Waals surface area contributed by atoms with Crippen LogP contribution in [0.25, 0.3) is 0 Å². The third-order valence-corrected chi connectivity index (χ3v) is 7.31. The molecule has 0 bridgehead atoms. The van der Waals surface area contributed by atoms with Gasteiger partial charge < -0.3 is 5.32 Å². The third-order valence-electron chi connectivity index (χ3n) is 5.27. The van der Waals surface area contributed by atoms with E-state index in [1.807, 2.05) is 51.1 Å². The van der Waals surface area contributed by atoms with E-state index >= 15 is 0 Å². The van der Waals surface area contributed by atoms with Crippen molar-refractivity contribution in [3.8, 4) is 0 Å². The van der Waals surface area contributed by atoms with E-state index in [-0.39, 0.29) is 17.8 Å². The number of nitrogens with zero attached hydrogens (tertiary/aromatic N) is 1. The second-order valence-electron chi connectivity index (χ2n) is 9.57. The molecule has 184 valence electrons. The van der Waals surface area contributed by atoms with Crippen molar-refractivity contribution in [3.63, 3.8) is 0 Å². The molecule has 0 aliphatic rings. The van der Waals surface area contributed by atoms with Crippen LogP contribution < -0.4 is 5.32 Å². The average Bonchev–Trinajstić information content (AvgIpc) is 2.78. The Balaban J connectivity index is 1.79. The molecule has 1 N–H and O–H groups in total. The van der Waals surface area contributed by atoms with Gasteiger partial charge in [-0.05, 0) is 74.7 Å². The van der Waals surface area contributed by atoms with E-state index in [4.69, 9.17) is 0 Å². The second kappa shape index (κ2) is 11.0. The number of amides is 1. The fourth-order valence-electron chi connectivity index (χ4n) is 3.70. The van der Waals surface area contributed by atoms with E-state index in [0.717, 1.165) is 11.1 Å². The number of halogens is 1. The first-order chi connectivity index (χ1) is 16.4. The molecule has 5 nitrogen and oxygen atoms in total. The van der Waals surface area contributed by atoms with Crippen LogP contribution >= 0.6 is 0 Å². The maximum atomic E-state index is 13.3. The van der Waals surface area contributed by atoms with E-state index in [0.29, 0.717) is 11.3 Å². The lowest BCUT2D eigenvalue weighted by atomic mass is 9.97. The van der Waals surface area contributed by atoms with Gasteiger partial charge in [0.2, 0.25) is 0 Å². The standard InChI is InChI=1S/C28H31FN2O3S/c1-28(2,3)31-35(4,34)24-16-10-21(11-17-24)19-26(32)25(18-20-8-6-5-7-9-20)30-27(33)22-12-14-23(29)15-13-22/h5-17,25H,18-19H2,1-4H3,(H,30,33)/t25-,35?/m0/s1. The number of hydrogen-bond donors (Lipinski definition) is 1. The maximum Gasteiger partial charge on any atom is 0.251 e. The van der Waals surface area contributed by atoms with E-state index in [1.54, 1.807) is 30.5 Å². The SMILES string of the molecule is CC(C)(C)N=S(C)(=O)c1ccc(CC(=O)[C@H](Cc2ccccc2)NC(=O)c2ccc(F)cc2)cc1. The highest BCUT2D eigenvalue weighted by Gasteiger charge is 2.22. The highest BCUT2D eigenvalue weighted by atomic mass is 32.2. The van der Waals surface area contributed by atoms with Crippen molar-refractivity contribution < 1.29 is 18.2 Å². The minimum atomic E-state index is -2.56. The Morgan fingerprint density at radius 1 is 0.914 bits per heavy atom. The van der Waals surface area contributed by atoms with E-state index in [2.05, 4.69) is 9.68 Å². The lowest BCUT2D eigenvalue weighted by molar-refractivity contribution is -0.120. The lowest BCUT2D eigenvalue weighted by Crippen LogP contribution is -2.43. The van der Waals surface area contributed by atoms with Gasteiger partial charge in [0.1, 0.15) is 5.82 Å². The summed E-state index contributed by atoms with van der Waals surface area (Å²) in [5.74, 6) is -1.04. The summed E-state index contributed by atoms with van der Waals surface area (Å²) >= 11 is 0. The zero-order valence-corrected chi connectivity index (χ0v) is 21.3. The molecule has 0 aromatic heterocycles. The molecule has 0 saturated carbocycles. The molecule has 3 rings (SSSR count). The van der Waals surface area contributed by atoms with Crippen molar-refractivity contribution in [1.82, 2.24) is 5.32 Å². The van der Waals surface area contributed by atoms with Gasteiger partial charge in [-0.15, -0.1) is 0 Å². The van der Waals surface area contributed by atoms with Gasteiger partial charge in [0.05, 0.1) is 21.3 Å². The van der Waals surface area contributed by atoms with E-state index < -0.39 is 33.0 Å². The van der Waals surface area contributed by atoms with Crippen molar-refractivity contribution >= 4 is 21.4 Å². The molecule has 0 radical (unpaired) electrons. The number of hydrogen-bond acceptors (Lipinski definition) is 4. The molecule has 2 atom stereocenters. The van der Waals surface area contributed by atoms with Gasteiger partial charge in [0.15, 0.2) is 5.78 Å². The summed E-state index contributed by atoms with van der Waals surface area (Å²) in [5, 5.41) is 2.81. The Kier molecular flexibility index (Phi) is 8.22. The van der Waals surface area contributed by atoms with Crippen LogP contribution in [-0.2, 0) is 27.4 Å². The molecule has 0 saturated heterocycles. The fraction of sp³-hybridized carbons (Fsp3) is 0.286. The molecule has 3 aromatic rings. The normalized spacial score (nSPS) is 14.0.